The fourth-order valence-corrected chi connectivity index (χ4v) is 2.48. The Morgan fingerprint density at radius 3 is 2.84 bits per heavy atom. The van der Waals surface area contributed by atoms with E-state index in [0.717, 1.165) is 22.4 Å². The van der Waals surface area contributed by atoms with E-state index in [1.807, 2.05) is 44.2 Å². The molecule has 5 heteroatoms. The quantitative estimate of drug-likeness (QED) is 0.740. The summed E-state index contributed by atoms with van der Waals surface area (Å²) in [5.74, 6) is 0.785. The number of hydrogen-bond acceptors (Lipinski definition) is 4. The molecule has 0 unspecified atom stereocenters. The van der Waals surface area contributed by atoms with Gasteiger partial charge in [0.05, 0.1) is 25.5 Å². The molecule has 0 saturated carbocycles. The van der Waals surface area contributed by atoms with Crippen molar-refractivity contribution in [2.24, 2.45) is 0 Å². The van der Waals surface area contributed by atoms with Gasteiger partial charge in [0, 0.05) is 25.5 Å². The highest BCUT2D eigenvalue weighted by Crippen LogP contribution is 2.20. The third kappa shape index (κ3) is 5.61. The summed E-state index contributed by atoms with van der Waals surface area (Å²) >= 11 is 0. The first kappa shape index (κ1) is 18.5. The van der Waals surface area contributed by atoms with E-state index in [2.05, 4.69) is 11.1 Å². The number of hydrogen-bond donors (Lipinski definition) is 0. The lowest BCUT2D eigenvalue weighted by Crippen LogP contribution is -2.32. The molecule has 130 valence electrons. The largest absolute Gasteiger partial charge is 0.493 e. The van der Waals surface area contributed by atoms with Crippen molar-refractivity contribution in [1.29, 1.82) is 5.26 Å². The summed E-state index contributed by atoms with van der Waals surface area (Å²) in [6, 6.07) is 11.7. The summed E-state index contributed by atoms with van der Waals surface area (Å²) in [7, 11) is 0. The van der Waals surface area contributed by atoms with E-state index in [0.29, 0.717) is 26.1 Å². The topological polar surface area (TPSA) is 66.2 Å². The fourth-order valence-electron chi connectivity index (χ4n) is 2.48. The maximum absolute atomic E-state index is 12.5. The van der Waals surface area contributed by atoms with Crippen LogP contribution in [-0.2, 0) is 11.3 Å². The van der Waals surface area contributed by atoms with Gasteiger partial charge in [0.2, 0.25) is 5.91 Å². The molecule has 0 aliphatic rings. The average molecular weight is 337 g/mol. The molecule has 1 heterocycles. The van der Waals surface area contributed by atoms with Gasteiger partial charge in [-0.3, -0.25) is 9.78 Å². The molecule has 1 aromatic carbocycles. The standard InChI is InChI=1S/C20H23N3O2/c1-16-6-3-8-19(17(16)2)25-13-9-20(24)23(12-5-10-21)15-18-7-4-11-22-14-18/h3-4,6-8,11,14H,5,9,12-13,15H2,1-2H3. The van der Waals surface area contributed by atoms with Crippen LogP contribution in [0.25, 0.3) is 0 Å². The number of nitriles is 1. The van der Waals surface area contributed by atoms with Gasteiger partial charge in [0.15, 0.2) is 0 Å². The Kier molecular flexibility index (Phi) is 6.97. The molecule has 2 rings (SSSR count). The van der Waals surface area contributed by atoms with Gasteiger partial charge in [-0.2, -0.15) is 5.26 Å². The van der Waals surface area contributed by atoms with Crippen LogP contribution < -0.4 is 4.74 Å². The maximum atomic E-state index is 12.5. The van der Waals surface area contributed by atoms with Crippen LogP contribution in [0.4, 0.5) is 0 Å². The van der Waals surface area contributed by atoms with Gasteiger partial charge >= 0.3 is 0 Å². The minimum atomic E-state index is -0.0237. The number of rotatable bonds is 8. The zero-order chi connectivity index (χ0) is 18.1. The summed E-state index contributed by atoms with van der Waals surface area (Å²) < 4.78 is 5.77. The lowest BCUT2D eigenvalue weighted by Gasteiger charge is -2.22. The van der Waals surface area contributed by atoms with Crippen LogP contribution in [0.2, 0.25) is 0 Å². The fraction of sp³-hybridized carbons (Fsp3) is 0.350. The van der Waals surface area contributed by atoms with Crippen LogP contribution in [0, 0.1) is 25.2 Å². The van der Waals surface area contributed by atoms with E-state index in [4.69, 9.17) is 10.00 Å². The first-order chi connectivity index (χ1) is 12.1. The molecule has 0 aliphatic heterocycles. The van der Waals surface area contributed by atoms with Crippen molar-refractivity contribution in [3.63, 3.8) is 0 Å². The maximum Gasteiger partial charge on any atom is 0.226 e. The molecule has 0 N–H and O–H groups in total. The van der Waals surface area contributed by atoms with Gasteiger partial charge in [-0.05, 0) is 42.7 Å². The number of nitrogens with zero attached hydrogens (tertiary/aromatic N) is 3. The van der Waals surface area contributed by atoms with E-state index in [1.165, 1.54) is 0 Å². The minimum Gasteiger partial charge on any atom is -0.493 e. The van der Waals surface area contributed by atoms with Crippen molar-refractivity contribution >= 4 is 5.91 Å². The van der Waals surface area contributed by atoms with E-state index in [9.17, 15) is 4.79 Å². The smallest absolute Gasteiger partial charge is 0.226 e. The Hall–Kier alpha value is -2.87. The highest BCUT2D eigenvalue weighted by Gasteiger charge is 2.14. The molecule has 0 saturated heterocycles. The highest BCUT2D eigenvalue weighted by atomic mass is 16.5. The van der Waals surface area contributed by atoms with Gasteiger partial charge in [0.1, 0.15) is 5.75 Å². The Morgan fingerprint density at radius 2 is 2.12 bits per heavy atom. The van der Waals surface area contributed by atoms with Crippen molar-refractivity contribution in [2.75, 3.05) is 13.2 Å². The summed E-state index contributed by atoms with van der Waals surface area (Å²) in [6.07, 6.45) is 4.02. The number of carbonyl (C=O) groups excluding carboxylic acids is 1. The van der Waals surface area contributed by atoms with Gasteiger partial charge in [-0.25, -0.2) is 0 Å². The summed E-state index contributed by atoms with van der Waals surface area (Å²) in [4.78, 5) is 18.3. The summed E-state index contributed by atoms with van der Waals surface area (Å²) in [5.41, 5.74) is 3.20. The van der Waals surface area contributed by atoms with Crippen LogP contribution >= 0.6 is 0 Å². The van der Waals surface area contributed by atoms with Crippen molar-refractivity contribution in [3.8, 4) is 11.8 Å². The number of benzene rings is 1. The number of pyridine rings is 1. The lowest BCUT2D eigenvalue weighted by atomic mass is 10.1. The lowest BCUT2D eigenvalue weighted by molar-refractivity contribution is -0.132. The van der Waals surface area contributed by atoms with E-state index < -0.39 is 0 Å². The van der Waals surface area contributed by atoms with Crippen molar-refractivity contribution in [3.05, 3.63) is 59.4 Å². The third-order valence-electron chi connectivity index (χ3n) is 4.07. The molecule has 0 fully saturated rings. The number of carbonyl (C=O) groups is 1. The van der Waals surface area contributed by atoms with Crippen LogP contribution in [0.3, 0.4) is 0 Å². The van der Waals surface area contributed by atoms with Gasteiger partial charge in [0.25, 0.3) is 0 Å². The molecular weight excluding hydrogens is 314 g/mol. The van der Waals surface area contributed by atoms with Crippen molar-refractivity contribution in [2.45, 2.75) is 33.2 Å². The second-order valence-corrected chi connectivity index (χ2v) is 5.88. The predicted molar refractivity (Wildman–Crippen MR) is 95.9 cm³/mol. The molecule has 0 aliphatic carbocycles. The average Bonchev–Trinajstić information content (AvgIpc) is 2.63. The minimum absolute atomic E-state index is 0.0237. The number of aryl methyl sites for hydroxylation is 1. The molecule has 0 radical (unpaired) electrons. The summed E-state index contributed by atoms with van der Waals surface area (Å²) in [6.45, 7) is 5.23. The number of amides is 1. The van der Waals surface area contributed by atoms with Crippen LogP contribution in [0.15, 0.2) is 42.7 Å². The monoisotopic (exact) mass is 337 g/mol. The first-order valence-corrected chi connectivity index (χ1v) is 8.34. The zero-order valence-corrected chi connectivity index (χ0v) is 14.7. The van der Waals surface area contributed by atoms with Crippen molar-refractivity contribution in [1.82, 2.24) is 9.88 Å². The van der Waals surface area contributed by atoms with Gasteiger partial charge in [-0.15, -0.1) is 0 Å². The SMILES string of the molecule is Cc1cccc(OCCC(=O)N(CCC#N)Cc2cccnc2)c1C. The van der Waals surface area contributed by atoms with E-state index in [-0.39, 0.29) is 12.3 Å². The molecule has 0 atom stereocenters. The second-order valence-electron chi connectivity index (χ2n) is 5.88. The Morgan fingerprint density at radius 1 is 1.28 bits per heavy atom. The van der Waals surface area contributed by atoms with Gasteiger partial charge < -0.3 is 9.64 Å². The number of aromatic nitrogens is 1. The second kappa shape index (κ2) is 9.43. The molecule has 25 heavy (non-hydrogen) atoms. The molecule has 1 amide bonds. The molecule has 1 aromatic heterocycles. The van der Waals surface area contributed by atoms with E-state index >= 15 is 0 Å². The Bertz CT molecular complexity index is 738. The summed E-state index contributed by atoms with van der Waals surface area (Å²) in [5, 5.41) is 8.82. The third-order valence-corrected chi connectivity index (χ3v) is 4.07. The highest BCUT2D eigenvalue weighted by molar-refractivity contribution is 5.76. The molecule has 5 nitrogen and oxygen atoms in total. The Balaban J connectivity index is 1.92. The van der Waals surface area contributed by atoms with Crippen LogP contribution in [0.1, 0.15) is 29.5 Å². The predicted octanol–water partition coefficient (Wildman–Crippen LogP) is 3.41. The van der Waals surface area contributed by atoms with Crippen molar-refractivity contribution < 1.29 is 9.53 Å². The zero-order valence-electron chi connectivity index (χ0n) is 14.7. The van der Waals surface area contributed by atoms with Crippen LogP contribution in [0.5, 0.6) is 5.75 Å². The molecule has 2 aromatic rings. The normalized spacial score (nSPS) is 10.1. The molecule has 0 bridgehead atoms. The van der Waals surface area contributed by atoms with Gasteiger partial charge in [-0.1, -0.05) is 18.2 Å². The molecule has 0 spiro atoms. The first-order valence-electron chi connectivity index (χ1n) is 8.34. The molecular formula is C20H23N3O2. The Labute approximate surface area is 148 Å². The van der Waals surface area contributed by atoms with Crippen LogP contribution in [-0.4, -0.2) is 28.9 Å². The number of ether oxygens (including phenoxy) is 1. The van der Waals surface area contributed by atoms with E-state index in [1.54, 1.807) is 17.3 Å².